The van der Waals surface area contributed by atoms with Gasteiger partial charge in [-0.1, -0.05) is 43.1 Å². The lowest BCUT2D eigenvalue weighted by Crippen LogP contribution is -2.61. The summed E-state index contributed by atoms with van der Waals surface area (Å²) in [6, 6.07) is 4.85. The van der Waals surface area contributed by atoms with Gasteiger partial charge in [0.15, 0.2) is 5.41 Å². The fourth-order valence-corrected chi connectivity index (χ4v) is 4.20. The van der Waals surface area contributed by atoms with Gasteiger partial charge in [0.05, 0.1) is 21.1 Å². The van der Waals surface area contributed by atoms with Crippen LogP contribution < -0.4 is 5.32 Å². The van der Waals surface area contributed by atoms with Crippen LogP contribution in [-0.4, -0.2) is 17.8 Å². The van der Waals surface area contributed by atoms with E-state index in [1.807, 2.05) is 0 Å². The molecular formula is C17H17Cl2NO4. The zero-order valence-electron chi connectivity index (χ0n) is 13.5. The van der Waals surface area contributed by atoms with Crippen LogP contribution in [0.4, 0.5) is 5.69 Å². The van der Waals surface area contributed by atoms with Gasteiger partial charge in [-0.2, -0.15) is 0 Å². The number of benzene rings is 1. The number of ether oxygens (including phenoxy) is 1. The number of fused-ring (bicyclic) bond motifs is 2. The van der Waals surface area contributed by atoms with E-state index >= 15 is 0 Å². The third-order valence-electron chi connectivity index (χ3n) is 6.02. The zero-order chi connectivity index (χ0) is 17.9. The molecule has 2 atom stereocenters. The molecular weight excluding hydrogens is 353 g/mol. The number of anilines is 1. The Morgan fingerprint density at radius 1 is 1.12 bits per heavy atom. The van der Waals surface area contributed by atoms with Gasteiger partial charge in [0.25, 0.3) is 0 Å². The number of esters is 2. The largest absolute Gasteiger partial charge is 0.392 e. The number of carbonyl (C=O) groups is 3. The molecule has 1 N–H and O–H groups in total. The molecule has 2 bridgehead atoms. The Bertz CT molecular complexity index is 776. The first-order chi connectivity index (χ1) is 11.1. The van der Waals surface area contributed by atoms with Crippen molar-refractivity contribution in [3.63, 3.8) is 0 Å². The van der Waals surface area contributed by atoms with Crippen LogP contribution in [0.3, 0.4) is 0 Å². The van der Waals surface area contributed by atoms with E-state index in [0.29, 0.717) is 17.1 Å². The Balaban J connectivity index is 2.04. The highest BCUT2D eigenvalue weighted by Gasteiger charge is 2.75. The average Bonchev–Trinajstić information content (AvgIpc) is 2.65. The third kappa shape index (κ3) is 1.91. The van der Waals surface area contributed by atoms with E-state index in [4.69, 9.17) is 27.9 Å². The van der Waals surface area contributed by atoms with Crippen molar-refractivity contribution in [2.75, 3.05) is 5.32 Å². The lowest BCUT2D eigenvalue weighted by atomic mass is 9.57. The zero-order valence-corrected chi connectivity index (χ0v) is 15.0. The van der Waals surface area contributed by atoms with E-state index < -0.39 is 34.1 Å². The standard InChI is InChI=1S/C17H17Cl2NO4/c1-15(2)16(3)7-8-17(15,14(23)24-13(16)22)12(21)20-10-6-4-5-9(18)11(10)19/h4-6H,7-8H2,1-3H3,(H,20,21). The van der Waals surface area contributed by atoms with Crippen molar-refractivity contribution in [1.29, 1.82) is 0 Å². The van der Waals surface area contributed by atoms with Gasteiger partial charge in [-0.25, -0.2) is 0 Å². The summed E-state index contributed by atoms with van der Waals surface area (Å²) in [6.45, 7) is 5.26. The van der Waals surface area contributed by atoms with Crippen molar-refractivity contribution < 1.29 is 19.1 Å². The molecule has 2 unspecified atom stereocenters. The molecule has 0 spiro atoms. The van der Waals surface area contributed by atoms with Crippen molar-refractivity contribution in [3.8, 4) is 0 Å². The SMILES string of the molecule is CC12CCC(C(=O)Nc3cccc(Cl)c3Cl)(C(=O)OC1=O)C2(C)C. The van der Waals surface area contributed by atoms with Crippen LogP contribution in [0.5, 0.6) is 0 Å². The van der Waals surface area contributed by atoms with Crippen LogP contribution in [0.15, 0.2) is 18.2 Å². The minimum absolute atomic E-state index is 0.197. The minimum atomic E-state index is -1.44. The molecule has 7 heteroatoms. The second kappa shape index (κ2) is 5.20. The monoisotopic (exact) mass is 369 g/mol. The quantitative estimate of drug-likeness (QED) is 0.635. The second-order valence-corrected chi connectivity index (χ2v) is 7.88. The van der Waals surface area contributed by atoms with E-state index in [-0.39, 0.29) is 11.4 Å². The molecule has 1 aromatic rings. The van der Waals surface area contributed by atoms with Crippen molar-refractivity contribution in [1.82, 2.24) is 0 Å². The number of amides is 1. The summed E-state index contributed by atoms with van der Waals surface area (Å²) in [5, 5.41) is 3.18. The van der Waals surface area contributed by atoms with E-state index in [9.17, 15) is 14.4 Å². The van der Waals surface area contributed by atoms with E-state index in [1.165, 1.54) is 0 Å². The molecule has 5 nitrogen and oxygen atoms in total. The number of cyclic esters (lactones) is 2. The average molecular weight is 370 g/mol. The summed E-state index contributed by atoms with van der Waals surface area (Å²) in [4.78, 5) is 37.8. The first-order valence-corrected chi connectivity index (χ1v) is 8.36. The highest BCUT2D eigenvalue weighted by molar-refractivity contribution is 6.44. The number of halogens is 2. The van der Waals surface area contributed by atoms with Gasteiger partial charge in [-0.05, 0) is 31.9 Å². The Morgan fingerprint density at radius 3 is 2.46 bits per heavy atom. The van der Waals surface area contributed by atoms with Gasteiger partial charge >= 0.3 is 11.9 Å². The molecule has 1 amide bonds. The van der Waals surface area contributed by atoms with E-state index in [1.54, 1.807) is 39.0 Å². The summed E-state index contributed by atoms with van der Waals surface area (Å²) < 4.78 is 4.93. The number of hydrogen-bond donors (Lipinski definition) is 1. The number of rotatable bonds is 2. The van der Waals surface area contributed by atoms with Crippen molar-refractivity contribution >= 4 is 46.7 Å². The van der Waals surface area contributed by atoms with E-state index in [0.717, 1.165) is 0 Å². The Hall–Kier alpha value is -1.59. The van der Waals surface area contributed by atoms with E-state index in [2.05, 4.69) is 5.32 Å². The van der Waals surface area contributed by atoms with Crippen LogP contribution >= 0.6 is 23.2 Å². The van der Waals surface area contributed by atoms with Gasteiger partial charge < -0.3 is 10.1 Å². The lowest BCUT2D eigenvalue weighted by molar-refractivity contribution is -0.195. The molecule has 1 aliphatic carbocycles. The van der Waals surface area contributed by atoms with Crippen molar-refractivity contribution in [2.45, 2.75) is 33.6 Å². The summed E-state index contributed by atoms with van der Waals surface area (Å²) >= 11 is 12.1. The smallest absolute Gasteiger partial charge is 0.329 e. The Morgan fingerprint density at radius 2 is 1.79 bits per heavy atom. The van der Waals surface area contributed by atoms with Crippen LogP contribution in [-0.2, 0) is 19.1 Å². The molecule has 0 aromatic heterocycles. The van der Waals surface area contributed by atoms with Gasteiger partial charge in [-0.3, -0.25) is 14.4 Å². The van der Waals surface area contributed by atoms with Gasteiger partial charge in [-0.15, -0.1) is 0 Å². The molecule has 3 rings (SSSR count). The summed E-state index contributed by atoms with van der Waals surface area (Å²) in [5.41, 5.74) is -2.91. The lowest BCUT2D eigenvalue weighted by Gasteiger charge is -2.48. The molecule has 1 heterocycles. The summed E-state index contributed by atoms with van der Waals surface area (Å²) in [6.07, 6.45) is 0.645. The number of hydrogen-bond acceptors (Lipinski definition) is 4. The van der Waals surface area contributed by atoms with Crippen LogP contribution in [0.25, 0.3) is 0 Å². The molecule has 1 aliphatic heterocycles. The highest BCUT2D eigenvalue weighted by atomic mass is 35.5. The van der Waals surface area contributed by atoms with Crippen molar-refractivity contribution in [3.05, 3.63) is 28.2 Å². The normalized spacial score (nSPS) is 30.9. The maximum atomic E-state index is 13.1. The fourth-order valence-electron chi connectivity index (χ4n) is 3.85. The summed E-state index contributed by atoms with van der Waals surface area (Å²) in [5.74, 6) is -1.90. The first kappa shape index (κ1) is 17.2. The third-order valence-corrected chi connectivity index (χ3v) is 6.84. The molecule has 1 aromatic carbocycles. The van der Waals surface area contributed by atoms with Gasteiger partial charge in [0.1, 0.15) is 0 Å². The molecule has 2 fully saturated rings. The predicted octanol–water partition coefficient (Wildman–Crippen LogP) is 3.83. The highest BCUT2D eigenvalue weighted by Crippen LogP contribution is 2.66. The molecule has 0 radical (unpaired) electrons. The first-order valence-electron chi connectivity index (χ1n) is 7.60. The second-order valence-electron chi connectivity index (χ2n) is 7.09. The minimum Gasteiger partial charge on any atom is -0.392 e. The molecule has 24 heavy (non-hydrogen) atoms. The fraction of sp³-hybridized carbons (Fsp3) is 0.471. The summed E-state index contributed by atoms with van der Waals surface area (Å²) in [7, 11) is 0. The predicted molar refractivity (Wildman–Crippen MR) is 89.7 cm³/mol. The van der Waals surface area contributed by atoms with Gasteiger partial charge in [0.2, 0.25) is 5.91 Å². The van der Waals surface area contributed by atoms with Crippen LogP contribution in [0.2, 0.25) is 10.0 Å². The topological polar surface area (TPSA) is 72.5 Å². The Kier molecular flexibility index (Phi) is 3.74. The van der Waals surface area contributed by atoms with Crippen LogP contribution in [0, 0.1) is 16.2 Å². The molecule has 2 aliphatic rings. The molecule has 1 saturated carbocycles. The Labute approximate surface area is 149 Å². The molecule has 128 valence electrons. The van der Waals surface area contributed by atoms with Crippen LogP contribution in [0.1, 0.15) is 33.6 Å². The number of carbonyl (C=O) groups excluding carboxylic acids is 3. The maximum absolute atomic E-state index is 13.1. The van der Waals surface area contributed by atoms with Gasteiger partial charge in [0, 0.05) is 5.41 Å². The van der Waals surface area contributed by atoms with Crippen molar-refractivity contribution in [2.24, 2.45) is 16.2 Å². The number of nitrogens with one attached hydrogen (secondary N) is 1. The maximum Gasteiger partial charge on any atom is 0.329 e. The molecule has 1 saturated heterocycles.